The number of aliphatic hydroxyl groups is 1. The zero-order valence-electron chi connectivity index (χ0n) is 14.2. The van der Waals surface area contributed by atoms with Crippen LogP contribution in [-0.2, 0) is 11.2 Å². The van der Waals surface area contributed by atoms with Gasteiger partial charge in [0.1, 0.15) is 12.2 Å². The number of benzene rings is 1. The summed E-state index contributed by atoms with van der Waals surface area (Å²) in [6.07, 6.45) is 0.675. The van der Waals surface area contributed by atoms with Crippen molar-refractivity contribution in [3.8, 4) is 5.75 Å². The van der Waals surface area contributed by atoms with Crippen LogP contribution in [0.25, 0.3) is 0 Å². The maximum absolute atomic E-state index is 13.8. The van der Waals surface area contributed by atoms with E-state index in [1.807, 2.05) is 6.92 Å². The molecule has 1 aromatic carbocycles. The van der Waals surface area contributed by atoms with Crippen molar-refractivity contribution in [1.29, 1.82) is 0 Å². The van der Waals surface area contributed by atoms with Gasteiger partial charge in [-0.15, -0.1) is 0 Å². The second-order valence-corrected chi connectivity index (χ2v) is 6.39. The van der Waals surface area contributed by atoms with Gasteiger partial charge in [0.2, 0.25) is 0 Å². The van der Waals surface area contributed by atoms with E-state index in [0.29, 0.717) is 18.4 Å². The summed E-state index contributed by atoms with van der Waals surface area (Å²) in [7, 11) is 0. The minimum atomic E-state index is -0.544. The molecule has 130 valence electrons. The number of hydrogen-bond acceptors (Lipinski definition) is 4. The van der Waals surface area contributed by atoms with Crippen LogP contribution in [-0.4, -0.2) is 36.1 Å². The SMILES string of the molecule is C[C@@H](CCc1cccc(F)c1OCCO)NC(=O)OC(C)(C)C. The van der Waals surface area contributed by atoms with E-state index < -0.39 is 17.5 Å². The Kier molecular flexibility index (Phi) is 7.29. The van der Waals surface area contributed by atoms with Crippen molar-refractivity contribution in [2.75, 3.05) is 13.2 Å². The Morgan fingerprint density at radius 3 is 2.70 bits per heavy atom. The highest BCUT2D eigenvalue weighted by molar-refractivity contribution is 5.68. The molecule has 0 aliphatic heterocycles. The first kappa shape index (κ1) is 19.2. The minimum Gasteiger partial charge on any atom is -0.488 e. The molecular weight excluding hydrogens is 301 g/mol. The molecule has 1 aromatic rings. The third-order valence-electron chi connectivity index (χ3n) is 3.00. The molecule has 0 spiro atoms. The lowest BCUT2D eigenvalue weighted by Crippen LogP contribution is -2.37. The lowest BCUT2D eigenvalue weighted by molar-refractivity contribution is 0.0506. The first-order valence-corrected chi connectivity index (χ1v) is 7.73. The van der Waals surface area contributed by atoms with Gasteiger partial charge >= 0.3 is 6.09 Å². The topological polar surface area (TPSA) is 67.8 Å². The van der Waals surface area contributed by atoms with Crippen LogP contribution in [0.15, 0.2) is 18.2 Å². The summed E-state index contributed by atoms with van der Waals surface area (Å²) >= 11 is 0. The van der Waals surface area contributed by atoms with Crippen molar-refractivity contribution in [3.05, 3.63) is 29.6 Å². The molecular formula is C17H26FNO4. The number of nitrogens with one attached hydrogen (secondary N) is 1. The molecule has 0 aliphatic carbocycles. The number of aryl methyl sites for hydroxylation is 1. The number of amides is 1. The molecule has 0 unspecified atom stereocenters. The molecule has 6 heteroatoms. The Morgan fingerprint density at radius 1 is 1.39 bits per heavy atom. The van der Waals surface area contributed by atoms with Gasteiger partial charge in [-0.2, -0.15) is 0 Å². The highest BCUT2D eigenvalue weighted by Gasteiger charge is 2.18. The van der Waals surface area contributed by atoms with Gasteiger partial charge in [-0.05, 0) is 52.2 Å². The smallest absolute Gasteiger partial charge is 0.407 e. The van der Waals surface area contributed by atoms with Crippen molar-refractivity contribution in [2.24, 2.45) is 0 Å². The number of carbonyl (C=O) groups is 1. The third kappa shape index (κ3) is 7.32. The first-order chi connectivity index (χ1) is 10.7. The summed E-state index contributed by atoms with van der Waals surface area (Å²) in [5.74, 6) is -0.297. The Morgan fingerprint density at radius 2 is 2.09 bits per heavy atom. The van der Waals surface area contributed by atoms with Crippen LogP contribution in [0.1, 0.15) is 39.7 Å². The molecule has 0 radical (unpaired) electrons. The summed E-state index contributed by atoms with van der Waals surface area (Å²) in [4.78, 5) is 11.7. The number of carbonyl (C=O) groups excluding carboxylic acids is 1. The molecule has 23 heavy (non-hydrogen) atoms. The highest BCUT2D eigenvalue weighted by atomic mass is 19.1. The molecule has 0 saturated carbocycles. The number of rotatable bonds is 7. The Balaban J connectivity index is 2.57. The normalized spacial score (nSPS) is 12.6. The van der Waals surface area contributed by atoms with Gasteiger partial charge in [0.25, 0.3) is 0 Å². The predicted octanol–water partition coefficient (Wildman–Crippen LogP) is 3.04. The number of halogens is 1. The van der Waals surface area contributed by atoms with E-state index in [1.54, 1.807) is 32.9 Å². The van der Waals surface area contributed by atoms with Crippen LogP contribution in [0.4, 0.5) is 9.18 Å². The first-order valence-electron chi connectivity index (χ1n) is 7.73. The fourth-order valence-electron chi connectivity index (χ4n) is 2.01. The Hall–Kier alpha value is -1.82. The number of para-hydroxylation sites is 1. The van der Waals surface area contributed by atoms with Crippen molar-refractivity contribution < 1.29 is 23.8 Å². The fourth-order valence-corrected chi connectivity index (χ4v) is 2.01. The molecule has 1 atom stereocenters. The third-order valence-corrected chi connectivity index (χ3v) is 3.00. The molecule has 1 rings (SSSR count). The highest BCUT2D eigenvalue weighted by Crippen LogP contribution is 2.24. The van der Waals surface area contributed by atoms with E-state index in [2.05, 4.69) is 5.32 Å². The van der Waals surface area contributed by atoms with E-state index in [4.69, 9.17) is 14.6 Å². The average molecular weight is 327 g/mol. The van der Waals surface area contributed by atoms with E-state index in [0.717, 1.165) is 0 Å². The lowest BCUT2D eigenvalue weighted by atomic mass is 10.0. The second-order valence-electron chi connectivity index (χ2n) is 6.39. The summed E-state index contributed by atoms with van der Waals surface area (Å²) < 4.78 is 24.3. The molecule has 2 N–H and O–H groups in total. The Labute approximate surface area is 136 Å². The van der Waals surface area contributed by atoms with Crippen LogP contribution in [0, 0.1) is 5.82 Å². The fraction of sp³-hybridized carbons (Fsp3) is 0.588. The summed E-state index contributed by atoms with van der Waals surface area (Å²) in [5, 5.41) is 11.6. The summed E-state index contributed by atoms with van der Waals surface area (Å²) in [6, 6.07) is 4.58. The van der Waals surface area contributed by atoms with Gasteiger partial charge in [-0.25, -0.2) is 9.18 Å². The van der Waals surface area contributed by atoms with Gasteiger partial charge in [0.15, 0.2) is 11.6 Å². The standard InChI is InChI=1S/C17H26FNO4/c1-12(19-16(21)23-17(2,3)4)8-9-13-6-5-7-14(18)15(13)22-11-10-20/h5-7,12,20H,8-11H2,1-4H3,(H,19,21)/t12-/m0/s1. The summed E-state index contributed by atoms with van der Waals surface area (Å²) in [6.45, 7) is 7.12. The number of hydrogen-bond donors (Lipinski definition) is 2. The van der Waals surface area contributed by atoms with Gasteiger partial charge in [-0.3, -0.25) is 0 Å². The molecule has 5 nitrogen and oxygen atoms in total. The molecule has 0 aliphatic rings. The van der Waals surface area contributed by atoms with Crippen molar-refractivity contribution >= 4 is 6.09 Å². The van der Waals surface area contributed by atoms with Crippen molar-refractivity contribution in [1.82, 2.24) is 5.32 Å². The Bertz CT molecular complexity index is 514. The van der Waals surface area contributed by atoms with Crippen molar-refractivity contribution in [2.45, 2.75) is 52.2 Å². The van der Waals surface area contributed by atoms with Gasteiger partial charge in [0.05, 0.1) is 6.61 Å². The van der Waals surface area contributed by atoms with Gasteiger partial charge in [-0.1, -0.05) is 12.1 Å². The second kappa shape index (κ2) is 8.72. The molecule has 0 saturated heterocycles. The monoisotopic (exact) mass is 327 g/mol. The molecule has 0 bridgehead atoms. The zero-order valence-corrected chi connectivity index (χ0v) is 14.2. The van der Waals surface area contributed by atoms with Crippen molar-refractivity contribution in [3.63, 3.8) is 0 Å². The zero-order chi connectivity index (χ0) is 17.5. The molecule has 0 aromatic heterocycles. The lowest BCUT2D eigenvalue weighted by Gasteiger charge is -2.22. The minimum absolute atomic E-state index is 0.0413. The quantitative estimate of drug-likeness (QED) is 0.808. The van der Waals surface area contributed by atoms with Crippen LogP contribution in [0.3, 0.4) is 0 Å². The van der Waals surface area contributed by atoms with Crippen LogP contribution < -0.4 is 10.1 Å². The van der Waals surface area contributed by atoms with Crippen LogP contribution in [0.2, 0.25) is 0 Å². The number of alkyl carbamates (subject to hydrolysis) is 1. The number of ether oxygens (including phenoxy) is 2. The predicted molar refractivity (Wildman–Crippen MR) is 86.1 cm³/mol. The summed E-state index contributed by atoms with van der Waals surface area (Å²) in [5.41, 5.74) is 0.161. The van der Waals surface area contributed by atoms with Crippen LogP contribution >= 0.6 is 0 Å². The van der Waals surface area contributed by atoms with Crippen LogP contribution in [0.5, 0.6) is 5.75 Å². The van der Waals surface area contributed by atoms with E-state index in [9.17, 15) is 9.18 Å². The van der Waals surface area contributed by atoms with E-state index in [1.165, 1.54) is 6.07 Å². The molecule has 0 fully saturated rings. The van der Waals surface area contributed by atoms with Gasteiger partial charge in [0, 0.05) is 6.04 Å². The number of aliphatic hydroxyl groups excluding tert-OH is 1. The van der Waals surface area contributed by atoms with Gasteiger partial charge < -0.3 is 19.9 Å². The largest absolute Gasteiger partial charge is 0.488 e. The maximum atomic E-state index is 13.8. The maximum Gasteiger partial charge on any atom is 0.407 e. The van der Waals surface area contributed by atoms with E-state index in [-0.39, 0.29) is 25.0 Å². The van der Waals surface area contributed by atoms with E-state index >= 15 is 0 Å². The molecule has 0 heterocycles. The molecule has 1 amide bonds. The average Bonchev–Trinajstić information content (AvgIpc) is 2.42.